The van der Waals surface area contributed by atoms with Gasteiger partial charge in [-0.1, -0.05) is 24.3 Å². The standard InChI is InChI=1S/C26H26F3NO3S/c1-15-24-22(21-9-10-34(32)14-18(21)12-23(24)25(31)33-15)8-7-20-6-5-17(13-30-20)16-3-2-4-19(11-16)26(27,28)29/h2-8,11,13,15,18,21-24H,9-10,12,14H2,1H3/t15-,18-,21-,22+,23-,24+,34?/m1/s1. The van der Waals surface area contributed by atoms with Gasteiger partial charge in [0.05, 0.1) is 17.2 Å². The van der Waals surface area contributed by atoms with Crippen LogP contribution in [0, 0.1) is 29.6 Å². The molecule has 1 unspecified atom stereocenters. The third-order valence-corrected chi connectivity index (χ3v) is 9.08. The van der Waals surface area contributed by atoms with Crippen molar-refractivity contribution in [3.05, 3.63) is 59.9 Å². The molecule has 0 radical (unpaired) electrons. The molecule has 1 aromatic heterocycles. The molecule has 2 saturated heterocycles. The quantitative estimate of drug-likeness (QED) is 0.545. The number of halogens is 3. The first-order valence-corrected chi connectivity index (χ1v) is 13.1. The number of aromatic nitrogens is 1. The lowest BCUT2D eigenvalue weighted by molar-refractivity contribution is -0.144. The van der Waals surface area contributed by atoms with E-state index in [0.29, 0.717) is 34.2 Å². The first-order chi connectivity index (χ1) is 16.2. The van der Waals surface area contributed by atoms with Gasteiger partial charge in [-0.3, -0.25) is 14.0 Å². The Bertz CT molecular complexity index is 1130. The second-order valence-electron chi connectivity index (χ2n) is 9.57. The zero-order valence-electron chi connectivity index (χ0n) is 18.7. The highest BCUT2D eigenvalue weighted by atomic mass is 32.2. The first-order valence-electron chi connectivity index (χ1n) is 11.6. The molecule has 0 amide bonds. The molecule has 2 aromatic rings. The van der Waals surface area contributed by atoms with Crippen LogP contribution >= 0.6 is 0 Å². The van der Waals surface area contributed by atoms with Crippen LogP contribution in [-0.2, 0) is 26.5 Å². The summed E-state index contributed by atoms with van der Waals surface area (Å²) < 4.78 is 56.9. The summed E-state index contributed by atoms with van der Waals surface area (Å²) in [6.07, 6.45) is 2.70. The largest absolute Gasteiger partial charge is 0.462 e. The molecule has 1 saturated carbocycles. The van der Waals surface area contributed by atoms with Crippen LogP contribution in [0.1, 0.15) is 31.0 Å². The van der Waals surface area contributed by atoms with E-state index in [2.05, 4.69) is 11.1 Å². The molecular weight excluding hydrogens is 463 g/mol. The second-order valence-corrected chi connectivity index (χ2v) is 11.2. The number of esters is 1. The minimum Gasteiger partial charge on any atom is -0.462 e. The number of nitrogens with zero attached hydrogens (tertiary/aromatic N) is 1. The van der Waals surface area contributed by atoms with Crippen molar-refractivity contribution >= 4 is 22.8 Å². The second kappa shape index (κ2) is 8.95. The van der Waals surface area contributed by atoms with Crippen LogP contribution in [0.25, 0.3) is 17.2 Å². The average molecular weight is 490 g/mol. The van der Waals surface area contributed by atoms with Gasteiger partial charge in [0.15, 0.2) is 0 Å². The van der Waals surface area contributed by atoms with Crippen LogP contribution in [0.15, 0.2) is 48.7 Å². The Hall–Kier alpha value is -2.48. The van der Waals surface area contributed by atoms with Gasteiger partial charge in [0.25, 0.3) is 0 Å². The van der Waals surface area contributed by atoms with Gasteiger partial charge in [0.2, 0.25) is 0 Å². The van der Waals surface area contributed by atoms with E-state index in [1.165, 1.54) is 6.07 Å². The monoisotopic (exact) mass is 489 g/mol. The number of allylic oxidation sites excluding steroid dienone is 1. The normalized spacial score (nSPS) is 33.4. The van der Waals surface area contributed by atoms with E-state index in [1.54, 1.807) is 24.4 Å². The van der Waals surface area contributed by atoms with Crippen LogP contribution < -0.4 is 0 Å². The maximum absolute atomic E-state index is 13.0. The smallest absolute Gasteiger partial charge is 0.416 e. The molecule has 0 N–H and O–H groups in total. The maximum Gasteiger partial charge on any atom is 0.416 e. The lowest BCUT2D eigenvalue weighted by atomic mass is 9.60. The molecular formula is C26H26F3NO3S. The minimum absolute atomic E-state index is 0.0981. The van der Waals surface area contributed by atoms with Crippen molar-refractivity contribution < 1.29 is 26.9 Å². The summed E-state index contributed by atoms with van der Waals surface area (Å²) in [5.41, 5.74) is 1.08. The van der Waals surface area contributed by atoms with Crippen molar-refractivity contribution in [2.24, 2.45) is 29.6 Å². The van der Waals surface area contributed by atoms with Crippen molar-refractivity contribution in [3.63, 3.8) is 0 Å². The molecule has 7 atom stereocenters. The lowest BCUT2D eigenvalue weighted by Gasteiger charge is -2.45. The zero-order chi connectivity index (χ0) is 24.0. The molecule has 34 heavy (non-hydrogen) atoms. The average Bonchev–Trinajstić information content (AvgIpc) is 3.09. The Morgan fingerprint density at radius 2 is 2.00 bits per heavy atom. The summed E-state index contributed by atoms with van der Waals surface area (Å²) in [6.45, 7) is 1.95. The highest BCUT2D eigenvalue weighted by Crippen LogP contribution is 2.51. The van der Waals surface area contributed by atoms with Gasteiger partial charge in [0, 0.05) is 40.0 Å². The Kier molecular flexibility index (Phi) is 6.12. The molecule has 1 aliphatic carbocycles. The highest BCUT2D eigenvalue weighted by molar-refractivity contribution is 7.85. The summed E-state index contributed by atoms with van der Waals surface area (Å²) >= 11 is 0. The zero-order valence-corrected chi connectivity index (χ0v) is 19.5. The van der Waals surface area contributed by atoms with Crippen molar-refractivity contribution in [2.75, 3.05) is 11.5 Å². The van der Waals surface area contributed by atoms with Crippen molar-refractivity contribution in [3.8, 4) is 11.1 Å². The predicted molar refractivity (Wildman–Crippen MR) is 124 cm³/mol. The van der Waals surface area contributed by atoms with Crippen molar-refractivity contribution in [2.45, 2.75) is 32.0 Å². The third-order valence-electron chi connectivity index (χ3n) is 7.59. The van der Waals surface area contributed by atoms with E-state index in [9.17, 15) is 22.2 Å². The molecule has 0 spiro atoms. The Morgan fingerprint density at radius 3 is 2.74 bits per heavy atom. The number of ether oxygens (including phenoxy) is 1. The summed E-state index contributed by atoms with van der Waals surface area (Å²) in [6, 6.07) is 8.77. The number of benzene rings is 1. The molecule has 5 rings (SSSR count). The van der Waals surface area contributed by atoms with Crippen molar-refractivity contribution in [1.82, 2.24) is 4.98 Å². The Labute approximate surface area is 199 Å². The Morgan fingerprint density at radius 1 is 1.18 bits per heavy atom. The number of pyridine rings is 1. The third kappa shape index (κ3) is 4.44. The number of carbonyl (C=O) groups excluding carboxylic acids is 1. The van der Waals surface area contributed by atoms with Crippen LogP contribution in [0.2, 0.25) is 0 Å². The SMILES string of the molecule is C[C@H]1OC(=O)[C@@H]2C[C@@H]3CS(=O)CC[C@H]3[C@H](C=Cc3ccc(-c4cccc(C(F)(F)F)c4)cn3)[C@H]12. The van der Waals surface area contributed by atoms with E-state index < -0.39 is 22.5 Å². The van der Waals surface area contributed by atoms with Gasteiger partial charge in [-0.2, -0.15) is 13.2 Å². The molecule has 1 aromatic carbocycles. The number of rotatable bonds is 3. The van der Waals surface area contributed by atoms with Crippen LogP contribution in [-0.4, -0.2) is 32.8 Å². The molecule has 180 valence electrons. The maximum atomic E-state index is 13.0. The van der Waals surface area contributed by atoms with Gasteiger partial charge in [0.1, 0.15) is 6.10 Å². The lowest BCUT2D eigenvalue weighted by Crippen LogP contribution is -2.46. The number of cyclic esters (lactones) is 1. The predicted octanol–water partition coefficient (Wildman–Crippen LogP) is 5.36. The molecule has 0 bridgehead atoms. The molecule has 4 nitrogen and oxygen atoms in total. The summed E-state index contributed by atoms with van der Waals surface area (Å²) in [4.78, 5) is 16.9. The summed E-state index contributed by atoms with van der Waals surface area (Å²) in [5.74, 6) is 1.87. The van der Waals surface area contributed by atoms with Crippen LogP contribution in [0.3, 0.4) is 0 Å². The van der Waals surface area contributed by atoms with Gasteiger partial charge in [-0.25, -0.2) is 0 Å². The highest BCUT2D eigenvalue weighted by Gasteiger charge is 2.54. The minimum atomic E-state index is -4.39. The number of hydrogen-bond acceptors (Lipinski definition) is 4. The van der Waals surface area contributed by atoms with Crippen LogP contribution in [0.5, 0.6) is 0 Å². The van der Waals surface area contributed by atoms with E-state index in [0.717, 1.165) is 25.0 Å². The van der Waals surface area contributed by atoms with E-state index in [1.807, 2.05) is 13.0 Å². The van der Waals surface area contributed by atoms with Gasteiger partial charge >= 0.3 is 12.1 Å². The van der Waals surface area contributed by atoms with E-state index in [4.69, 9.17) is 4.74 Å². The fourth-order valence-corrected chi connectivity index (χ4v) is 7.57. The van der Waals surface area contributed by atoms with E-state index in [-0.39, 0.29) is 35.7 Å². The molecule has 3 heterocycles. The molecule has 2 aliphatic heterocycles. The topological polar surface area (TPSA) is 56.3 Å². The summed E-state index contributed by atoms with van der Waals surface area (Å²) in [5, 5.41) is 0. The summed E-state index contributed by atoms with van der Waals surface area (Å²) in [7, 11) is -0.829. The number of alkyl halides is 3. The van der Waals surface area contributed by atoms with Gasteiger partial charge < -0.3 is 4.74 Å². The molecule has 8 heteroatoms. The van der Waals surface area contributed by atoms with Gasteiger partial charge in [-0.05, 0) is 67.4 Å². The van der Waals surface area contributed by atoms with Crippen molar-refractivity contribution in [1.29, 1.82) is 0 Å². The number of hydrogen-bond donors (Lipinski definition) is 0. The molecule has 3 fully saturated rings. The number of carbonyl (C=O) groups is 1. The van der Waals surface area contributed by atoms with E-state index >= 15 is 0 Å². The van der Waals surface area contributed by atoms with Gasteiger partial charge in [-0.15, -0.1) is 0 Å². The fraction of sp³-hybridized carbons (Fsp3) is 0.462. The first kappa shape index (κ1) is 23.3. The molecule has 3 aliphatic rings. The van der Waals surface area contributed by atoms with Crippen LogP contribution in [0.4, 0.5) is 13.2 Å². The Balaban J connectivity index is 1.38. The number of fused-ring (bicyclic) bond motifs is 2. The fourth-order valence-electron chi connectivity index (χ4n) is 6.01.